The van der Waals surface area contributed by atoms with Crippen LogP contribution < -0.4 is 37.5 Å². The summed E-state index contributed by atoms with van der Waals surface area (Å²) < 4.78 is 83.8. The summed E-state index contributed by atoms with van der Waals surface area (Å²) in [5.41, 5.74) is 1.22. The standard InChI is InChI=1S/C26H33N2O7P.C18H17N2O7P/c1-25(2,3)34-36(29,35-26(4,5)6)33-24-22(30-8)13-19(14-23(24)31-9)32-18-10-11-21-20(12-18)17(15-27)16-28(21)7;1-20-10-11(9-19)14-6-12(4-5-15(14)20)26-13-7-16(24-2)18(17(8-13)25-3)27-28(21,22)23/h10-14,16H,1-9H3;4-8,10H,1-3H3,(H2,21,22,23). The van der Waals surface area contributed by atoms with Gasteiger partial charge in [0.1, 0.15) is 35.1 Å². The lowest BCUT2D eigenvalue weighted by Crippen LogP contribution is -2.25. The summed E-state index contributed by atoms with van der Waals surface area (Å²) in [7, 11) is 0.323. The van der Waals surface area contributed by atoms with E-state index in [2.05, 4.69) is 16.7 Å². The molecule has 0 spiro atoms. The predicted octanol–water partition coefficient (Wildman–Crippen LogP) is 10.3. The molecule has 0 saturated carbocycles. The van der Waals surface area contributed by atoms with E-state index in [9.17, 15) is 19.7 Å². The quantitative estimate of drug-likeness (QED) is 0.0969. The molecule has 6 rings (SSSR count). The Morgan fingerprint density at radius 1 is 0.547 bits per heavy atom. The summed E-state index contributed by atoms with van der Waals surface area (Å²) in [5, 5.41) is 20.2. The van der Waals surface area contributed by atoms with E-state index in [1.54, 1.807) is 90.3 Å². The first-order chi connectivity index (χ1) is 29.9. The Balaban J connectivity index is 0.000000248. The van der Waals surface area contributed by atoms with Gasteiger partial charge in [0.2, 0.25) is 11.5 Å². The third-order valence-electron chi connectivity index (χ3n) is 8.69. The number of aromatic nitrogens is 2. The van der Waals surface area contributed by atoms with Crippen molar-refractivity contribution < 1.29 is 65.4 Å². The fraction of sp³-hybridized carbons (Fsp3) is 0.318. The van der Waals surface area contributed by atoms with Crippen LogP contribution >= 0.6 is 15.6 Å². The average Bonchev–Trinajstić information content (AvgIpc) is 3.70. The third-order valence-corrected chi connectivity index (χ3v) is 11.1. The molecule has 2 N–H and O–H groups in total. The number of aryl methyl sites for hydroxylation is 2. The minimum absolute atomic E-state index is 0.0242. The van der Waals surface area contributed by atoms with Crippen molar-refractivity contribution in [1.82, 2.24) is 9.13 Å². The van der Waals surface area contributed by atoms with Gasteiger partial charge in [-0.25, -0.2) is 9.13 Å². The maximum Gasteiger partial charge on any atom is 0.531 e. The fourth-order valence-corrected chi connectivity index (χ4v) is 8.56. The Morgan fingerprint density at radius 2 is 0.891 bits per heavy atom. The molecule has 2 aromatic heterocycles. The van der Waals surface area contributed by atoms with Crippen LogP contribution in [0.15, 0.2) is 73.1 Å². The van der Waals surface area contributed by atoms with Crippen molar-refractivity contribution in [2.24, 2.45) is 14.1 Å². The predicted molar refractivity (Wildman–Crippen MR) is 237 cm³/mol. The second-order valence-electron chi connectivity index (χ2n) is 15.9. The van der Waals surface area contributed by atoms with Crippen LogP contribution in [0.3, 0.4) is 0 Å². The van der Waals surface area contributed by atoms with Gasteiger partial charge in [-0.2, -0.15) is 10.5 Å². The number of hydrogen-bond acceptors (Lipinski definition) is 14. The molecular weight excluding hydrogens is 870 g/mol. The van der Waals surface area contributed by atoms with Crippen molar-refractivity contribution in [3.8, 4) is 69.6 Å². The molecule has 18 nitrogen and oxygen atoms in total. The molecule has 20 heteroatoms. The number of nitriles is 2. The van der Waals surface area contributed by atoms with Crippen LogP contribution in [0.4, 0.5) is 0 Å². The van der Waals surface area contributed by atoms with Gasteiger partial charge in [0.05, 0.1) is 50.8 Å². The highest BCUT2D eigenvalue weighted by molar-refractivity contribution is 7.49. The zero-order valence-corrected chi connectivity index (χ0v) is 39.2. The molecule has 0 radical (unpaired) electrons. The summed E-state index contributed by atoms with van der Waals surface area (Å²) in [6, 6.07) is 21.1. The second-order valence-corrected chi connectivity index (χ2v) is 18.5. The first-order valence-electron chi connectivity index (χ1n) is 19.2. The second kappa shape index (κ2) is 19.2. The van der Waals surface area contributed by atoms with E-state index >= 15 is 0 Å². The van der Waals surface area contributed by atoms with Gasteiger partial charge < -0.3 is 46.6 Å². The average molecular weight is 921 g/mol. The van der Waals surface area contributed by atoms with E-state index in [-0.39, 0.29) is 34.5 Å². The maximum atomic E-state index is 13.7. The molecule has 6 aromatic rings. The molecule has 2 heterocycles. The Bertz CT molecular complexity index is 2790. The van der Waals surface area contributed by atoms with Crippen LogP contribution in [0.25, 0.3) is 21.8 Å². The number of rotatable bonds is 14. The molecule has 0 saturated heterocycles. The maximum absolute atomic E-state index is 13.7. The Kier molecular flexibility index (Phi) is 14.6. The number of benzene rings is 4. The summed E-state index contributed by atoms with van der Waals surface area (Å²) in [5.74, 6) is 1.92. The lowest BCUT2D eigenvalue weighted by atomic mass is 10.2. The highest BCUT2D eigenvalue weighted by Crippen LogP contribution is 2.59. The first kappa shape index (κ1) is 48.7. The van der Waals surface area contributed by atoms with E-state index in [1.807, 2.05) is 35.4 Å². The van der Waals surface area contributed by atoms with Crippen molar-refractivity contribution in [2.45, 2.75) is 52.7 Å². The summed E-state index contributed by atoms with van der Waals surface area (Å²) in [6.45, 7) is 10.5. The molecule has 0 fully saturated rings. The first-order valence-corrected chi connectivity index (χ1v) is 22.2. The zero-order chi connectivity index (χ0) is 47.4. The lowest BCUT2D eigenvalue weighted by Gasteiger charge is -2.31. The molecule has 0 unspecified atom stereocenters. The Hall–Kier alpha value is -6.36. The van der Waals surface area contributed by atoms with Crippen LogP contribution in [-0.2, 0) is 32.3 Å². The van der Waals surface area contributed by atoms with Crippen LogP contribution in [0.5, 0.6) is 57.5 Å². The van der Waals surface area contributed by atoms with Crippen molar-refractivity contribution in [3.63, 3.8) is 0 Å². The molecule has 0 aliphatic carbocycles. The van der Waals surface area contributed by atoms with Crippen LogP contribution in [0.1, 0.15) is 52.7 Å². The number of methoxy groups -OCH3 is 4. The molecule has 0 aliphatic rings. The Labute approximate surface area is 370 Å². The molecule has 0 atom stereocenters. The van der Waals surface area contributed by atoms with E-state index in [0.717, 1.165) is 21.8 Å². The molecular formula is C44H50N4O14P2. The van der Waals surface area contributed by atoms with Gasteiger partial charge >= 0.3 is 15.6 Å². The minimum Gasteiger partial charge on any atom is -0.493 e. The molecule has 0 amide bonds. The largest absolute Gasteiger partial charge is 0.531 e. The van der Waals surface area contributed by atoms with Gasteiger partial charge in [0, 0.05) is 72.6 Å². The van der Waals surface area contributed by atoms with Gasteiger partial charge in [0.15, 0.2) is 23.0 Å². The summed E-state index contributed by atoms with van der Waals surface area (Å²) in [4.78, 5) is 18.2. The molecule has 4 aromatic carbocycles. The SMILES string of the molecule is COc1cc(Oc2ccc3c(c2)c(C#N)cn3C)cc(OC)c1OP(=O)(O)O.COc1cc(Oc2ccc3c(c2)c(C#N)cn3C)cc(OC)c1OP(=O)(OC(C)(C)C)OC(C)(C)C. The van der Waals surface area contributed by atoms with Crippen molar-refractivity contribution in [2.75, 3.05) is 28.4 Å². The normalized spacial score (nSPS) is 11.8. The number of fused-ring (bicyclic) bond motifs is 2. The number of ether oxygens (including phenoxy) is 6. The van der Waals surface area contributed by atoms with Gasteiger partial charge in [-0.1, -0.05) is 0 Å². The molecule has 0 bridgehead atoms. The Morgan fingerprint density at radius 3 is 1.19 bits per heavy atom. The monoisotopic (exact) mass is 920 g/mol. The van der Waals surface area contributed by atoms with Crippen molar-refractivity contribution in [1.29, 1.82) is 10.5 Å². The highest BCUT2D eigenvalue weighted by Gasteiger charge is 2.40. The van der Waals surface area contributed by atoms with E-state index in [4.69, 9.17) is 51.8 Å². The number of nitrogens with zero attached hydrogens (tertiary/aromatic N) is 4. The topological polar surface area (TPSA) is 224 Å². The number of phosphoric ester groups is 2. The molecule has 64 heavy (non-hydrogen) atoms. The lowest BCUT2D eigenvalue weighted by molar-refractivity contribution is 0.0216. The van der Waals surface area contributed by atoms with E-state index in [0.29, 0.717) is 34.1 Å². The van der Waals surface area contributed by atoms with Gasteiger partial charge in [-0.15, -0.1) is 0 Å². The highest BCUT2D eigenvalue weighted by atomic mass is 31.2. The third kappa shape index (κ3) is 12.0. The van der Waals surface area contributed by atoms with Gasteiger partial charge in [0.25, 0.3) is 0 Å². The van der Waals surface area contributed by atoms with Gasteiger partial charge in [-0.3, -0.25) is 18.8 Å². The van der Waals surface area contributed by atoms with Crippen LogP contribution in [0.2, 0.25) is 0 Å². The van der Waals surface area contributed by atoms with Crippen LogP contribution in [0, 0.1) is 22.7 Å². The molecule has 340 valence electrons. The van der Waals surface area contributed by atoms with Crippen LogP contribution in [-0.4, -0.2) is 58.6 Å². The van der Waals surface area contributed by atoms with Crippen molar-refractivity contribution in [3.05, 3.63) is 84.2 Å². The fourth-order valence-electron chi connectivity index (χ4n) is 6.29. The summed E-state index contributed by atoms with van der Waals surface area (Å²) >= 11 is 0. The van der Waals surface area contributed by atoms with Crippen molar-refractivity contribution >= 4 is 37.5 Å². The number of hydrogen-bond donors (Lipinski definition) is 2. The summed E-state index contributed by atoms with van der Waals surface area (Å²) in [6.07, 6.45) is 3.50. The van der Waals surface area contributed by atoms with Gasteiger partial charge in [-0.05, 0) is 77.9 Å². The zero-order valence-electron chi connectivity index (χ0n) is 37.4. The number of phosphoric acid groups is 2. The smallest absolute Gasteiger partial charge is 0.493 e. The minimum atomic E-state index is -4.82. The van der Waals surface area contributed by atoms with E-state index < -0.39 is 26.8 Å². The molecule has 0 aliphatic heterocycles. The van der Waals surface area contributed by atoms with E-state index in [1.165, 1.54) is 40.6 Å².